The highest BCUT2D eigenvalue weighted by atomic mass is 16.7. The average molecular weight is 723 g/mol. The van der Waals surface area contributed by atoms with E-state index >= 15 is 0 Å². The minimum Gasteiger partial charge on any atom is -0.479 e. The van der Waals surface area contributed by atoms with Crippen molar-refractivity contribution in [2.75, 3.05) is 73.7 Å². The fraction of sp³-hybridized carbons (Fsp3) is 0.639. The predicted octanol–water partition coefficient (Wildman–Crippen LogP) is 1.56. The van der Waals surface area contributed by atoms with E-state index in [1.54, 1.807) is 0 Å². The number of aliphatic carboxylic acids is 1. The van der Waals surface area contributed by atoms with E-state index < -0.39 is 67.4 Å². The molecule has 5 rings (SSSR count). The summed E-state index contributed by atoms with van der Waals surface area (Å²) in [6, 6.07) is 19.1. The molecule has 2 aromatic carbocycles. The van der Waals surface area contributed by atoms with Crippen molar-refractivity contribution >= 4 is 5.97 Å². The molecule has 3 fully saturated rings. The van der Waals surface area contributed by atoms with Gasteiger partial charge in [-0.3, -0.25) is 0 Å². The molecule has 0 amide bonds. The van der Waals surface area contributed by atoms with Crippen molar-refractivity contribution in [3.63, 3.8) is 0 Å². The maximum Gasteiger partial charge on any atom is 0.335 e. The number of ether oxygens (including phenoxy) is 12. The maximum absolute atomic E-state index is 12.3. The van der Waals surface area contributed by atoms with Gasteiger partial charge in [0.25, 0.3) is 0 Å². The molecule has 0 aromatic heterocycles. The second kappa shape index (κ2) is 21.2. The van der Waals surface area contributed by atoms with Crippen LogP contribution in [0.25, 0.3) is 0 Å². The van der Waals surface area contributed by atoms with Crippen molar-refractivity contribution in [1.82, 2.24) is 0 Å². The molecule has 2 aromatic rings. The van der Waals surface area contributed by atoms with E-state index in [0.29, 0.717) is 0 Å². The zero-order valence-corrected chi connectivity index (χ0v) is 29.0. The van der Waals surface area contributed by atoms with E-state index in [2.05, 4.69) is 0 Å². The van der Waals surface area contributed by atoms with E-state index in [1.165, 1.54) is 14.2 Å². The lowest BCUT2D eigenvalue weighted by Gasteiger charge is -2.45. The van der Waals surface area contributed by atoms with Crippen LogP contribution in [0, 0.1) is 0 Å². The van der Waals surface area contributed by atoms with Gasteiger partial charge in [0.05, 0.1) is 72.7 Å². The van der Waals surface area contributed by atoms with Crippen LogP contribution >= 0.6 is 0 Å². The second-order valence-electron chi connectivity index (χ2n) is 12.0. The summed E-state index contributed by atoms with van der Waals surface area (Å²) >= 11 is 0. The highest BCUT2D eigenvalue weighted by molar-refractivity contribution is 5.73. The molecular formula is C36H50O15. The van der Waals surface area contributed by atoms with Gasteiger partial charge in [-0.25, -0.2) is 4.79 Å². The molecule has 0 aliphatic carbocycles. The van der Waals surface area contributed by atoms with Crippen LogP contribution in [0.5, 0.6) is 0 Å². The number of carboxylic acids is 1. The fourth-order valence-corrected chi connectivity index (χ4v) is 6.24. The molecule has 0 saturated carbocycles. The number of fused-ring (bicyclic) bond motifs is 2. The lowest BCUT2D eigenvalue weighted by molar-refractivity contribution is -0.320. The van der Waals surface area contributed by atoms with E-state index in [4.69, 9.17) is 56.8 Å². The third-order valence-electron chi connectivity index (χ3n) is 8.70. The minimum atomic E-state index is -1.38. The Labute approximate surface area is 297 Å². The van der Waals surface area contributed by atoms with Crippen LogP contribution in [0.15, 0.2) is 60.7 Å². The smallest absolute Gasteiger partial charge is 0.335 e. The lowest BCUT2D eigenvalue weighted by atomic mass is 9.97. The summed E-state index contributed by atoms with van der Waals surface area (Å²) in [7, 11) is 2.91. The third-order valence-corrected chi connectivity index (χ3v) is 8.70. The largest absolute Gasteiger partial charge is 0.479 e. The molecule has 0 spiro atoms. The first kappa shape index (κ1) is 39.6. The average Bonchev–Trinajstić information content (AvgIpc) is 3.16. The normalized spacial score (nSPS) is 33.2. The Morgan fingerprint density at radius 2 is 1.06 bits per heavy atom. The van der Waals surface area contributed by atoms with Gasteiger partial charge in [-0.05, 0) is 11.1 Å². The molecule has 284 valence electrons. The molecule has 3 saturated heterocycles. The molecule has 0 unspecified atom stereocenters. The van der Waals surface area contributed by atoms with Crippen molar-refractivity contribution in [3.05, 3.63) is 71.8 Å². The number of hydrogen-bond donors (Lipinski definition) is 2. The summed E-state index contributed by atoms with van der Waals surface area (Å²) in [5.74, 6) is -1.22. The van der Waals surface area contributed by atoms with Crippen molar-refractivity contribution in [2.24, 2.45) is 0 Å². The Morgan fingerprint density at radius 1 is 0.627 bits per heavy atom. The molecule has 15 nitrogen and oxygen atoms in total. The fourth-order valence-electron chi connectivity index (χ4n) is 6.24. The van der Waals surface area contributed by atoms with E-state index in [-0.39, 0.29) is 72.7 Å². The summed E-state index contributed by atoms with van der Waals surface area (Å²) in [4.78, 5) is 12.3. The topological polar surface area (TPSA) is 168 Å². The number of hydrogen-bond acceptors (Lipinski definition) is 14. The SMILES string of the molecule is CO[C@H]1O[C@H](C(=O)O)[C@@H](OCc2ccccc2)[C@@H]2OCCOCCO[C@H]3[C@@H](OC)O[C@H](CO)[C@@H](OCc4ccccc4)[C@@H]3OCCOCCO[C@@H]12. The Hall–Kier alpha value is -2.61. The summed E-state index contributed by atoms with van der Waals surface area (Å²) < 4.78 is 72.2. The Bertz CT molecular complexity index is 1260. The first-order chi connectivity index (χ1) is 25.0. The van der Waals surface area contributed by atoms with Gasteiger partial charge in [0, 0.05) is 14.2 Å². The summed E-state index contributed by atoms with van der Waals surface area (Å²) in [6.45, 7) is 1.30. The Kier molecular flexibility index (Phi) is 16.4. The van der Waals surface area contributed by atoms with Crippen molar-refractivity contribution in [2.45, 2.75) is 74.6 Å². The molecular weight excluding hydrogens is 672 g/mol. The zero-order chi connectivity index (χ0) is 35.8. The highest BCUT2D eigenvalue weighted by Gasteiger charge is 2.52. The van der Waals surface area contributed by atoms with Gasteiger partial charge in [0.1, 0.15) is 42.7 Å². The van der Waals surface area contributed by atoms with E-state index in [9.17, 15) is 15.0 Å². The van der Waals surface area contributed by atoms with Crippen LogP contribution in [0.2, 0.25) is 0 Å². The molecule has 3 aliphatic heterocycles. The molecule has 2 N–H and O–H groups in total. The lowest BCUT2D eigenvalue weighted by Crippen LogP contribution is -2.63. The first-order valence-electron chi connectivity index (χ1n) is 17.2. The zero-order valence-electron chi connectivity index (χ0n) is 29.0. The number of benzene rings is 2. The number of carboxylic acid groups (broad SMARTS) is 1. The molecule has 3 heterocycles. The van der Waals surface area contributed by atoms with Crippen LogP contribution < -0.4 is 0 Å². The predicted molar refractivity (Wildman–Crippen MR) is 177 cm³/mol. The van der Waals surface area contributed by atoms with Gasteiger partial charge in [0.2, 0.25) is 0 Å². The monoisotopic (exact) mass is 722 g/mol. The Balaban J connectivity index is 1.27. The summed E-state index contributed by atoms with van der Waals surface area (Å²) in [5.41, 5.74) is 1.81. The minimum absolute atomic E-state index is 0.0849. The summed E-state index contributed by atoms with van der Waals surface area (Å²) in [5, 5.41) is 20.3. The van der Waals surface area contributed by atoms with Crippen molar-refractivity contribution < 1.29 is 71.8 Å². The van der Waals surface area contributed by atoms with Crippen LogP contribution in [-0.4, -0.2) is 151 Å². The van der Waals surface area contributed by atoms with Gasteiger partial charge >= 0.3 is 5.97 Å². The molecule has 0 bridgehead atoms. The quantitative estimate of drug-likeness (QED) is 0.362. The van der Waals surface area contributed by atoms with Gasteiger partial charge in [0.15, 0.2) is 18.7 Å². The van der Waals surface area contributed by atoms with Crippen LogP contribution in [-0.2, 0) is 74.9 Å². The number of aliphatic hydroxyl groups excluding tert-OH is 1. The van der Waals surface area contributed by atoms with Gasteiger partial charge < -0.3 is 67.1 Å². The van der Waals surface area contributed by atoms with Crippen molar-refractivity contribution in [3.8, 4) is 0 Å². The number of aliphatic hydroxyl groups is 1. The first-order valence-corrected chi connectivity index (χ1v) is 17.2. The number of methoxy groups -OCH3 is 2. The van der Waals surface area contributed by atoms with E-state index in [1.807, 2.05) is 60.7 Å². The molecule has 51 heavy (non-hydrogen) atoms. The molecule has 10 atom stereocenters. The van der Waals surface area contributed by atoms with Crippen LogP contribution in [0.4, 0.5) is 0 Å². The molecule has 3 aliphatic rings. The van der Waals surface area contributed by atoms with Gasteiger partial charge in [-0.2, -0.15) is 0 Å². The highest BCUT2D eigenvalue weighted by Crippen LogP contribution is 2.31. The van der Waals surface area contributed by atoms with Gasteiger partial charge in [-0.15, -0.1) is 0 Å². The van der Waals surface area contributed by atoms with Gasteiger partial charge in [-0.1, -0.05) is 60.7 Å². The summed E-state index contributed by atoms with van der Waals surface area (Å²) in [6.07, 6.45) is -8.85. The van der Waals surface area contributed by atoms with E-state index in [0.717, 1.165) is 11.1 Å². The number of rotatable bonds is 10. The van der Waals surface area contributed by atoms with Crippen LogP contribution in [0.3, 0.4) is 0 Å². The van der Waals surface area contributed by atoms with Crippen molar-refractivity contribution in [1.29, 1.82) is 0 Å². The van der Waals surface area contributed by atoms with Crippen LogP contribution in [0.1, 0.15) is 11.1 Å². The number of carbonyl (C=O) groups is 1. The second-order valence-corrected chi connectivity index (χ2v) is 12.0. The standard InChI is InChI=1S/C36H50O15/c1-40-35-32-28(27(26(21-37)50-35)48-22-24-9-5-3-6-10-24)44-17-13-42-16-20-47-33-30(45-18-14-43-15-19-46-32)29(31(34(38)39)51-36(33)41-2)49-23-25-11-7-4-8-12-25/h3-12,26-33,35-37H,13-23H2,1-2H3,(H,38,39)/t26-,27-,28+,29+,30+,31+,32-,33-,35+,36+/m1/s1. The maximum atomic E-state index is 12.3. The third kappa shape index (κ3) is 11.2. The molecule has 0 radical (unpaired) electrons. The molecule has 15 heteroatoms. The Morgan fingerprint density at radius 3 is 1.51 bits per heavy atom.